The highest BCUT2D eigenvalue weighted by Crippen LogP contribution is 2.24. The zero-order chi connectivity index (χ0) is 11.7. The topological polar surface area (TPSA) is 41.6 Å². The maximum absolute atomic E-state index is 13.7. The van der Waals surface area contributed by atoms with E-state index in [1.54, 1.807) is 6.92 Å². The molecule has 0 bridgehead atoms. The van der Waals surface area contributed by atoms with E-state index in [1.165, 1.54) is 12.1 Å². The minimum Gasteiger partial charge on any atom is -0.263 e. The Balaban J connectivity index is 2.58. The number of hydrogen-bond acceptors (Lipinski definition) is 2. The lowest BCUT2D eigenvalue weighted by atomic mass is 10.1. The molecule has 5 heteroatoms. The second kappa shape index (κ2) is 4.00. The molecule has 0 fully saturated rings. The largest absolute Gasteiger partial charge is 0.263 e. The molecular formula is C11H11F2N3. The van der Waals surface area contributed by atoms with E-state index in [0.29, 0.717) is 17.8 Å². The van der Waals surface area contributed by atoms with E-state index in [9.17, 15) is 8.78 Å². The molecule has 16 heavy (non-hydrogen) atoms. The van der Waals surface area contributed by atoms with E-state index >= 15 is 0 Å². The van der Waals surface area contributed by atoms with Crippen LogP contribution in [0, 0.1) is 18.6 Å². The van der Waals surface area contributed by atoms with Crippen molar-refractivity contribution in [3.63, 3.8) is 0 Å². The Labute approximate surface area is 91.5 Å². The van der Waals surface area contributed by atoms with Crippen LogP contribution in [0.2, 0.25) is 0 Å². The highest BCUT2D eigenvalue weighted by atomic mass is 19.1. The van der Waals surface area contributed by atoms with Gasteiger partial charge in [0.15, 0.2) is 5.82 Å². The van der Waals surface area contributed by atoms with Gasteiger partial charge in [0.1, 0.15) is 17.5 Å². The summed E-state index contributed by atoms with van der Waals surface area (Å²) in [5.74, 6) is -0.586. The number of rotatable bonds is 2. The average molecular weight is 223 g/mol. The van der Waals surface area contributed by atoms with Crippen LogP contribution < -0.4 is 0 Å². The number of hydrogen-bond donors (Lipinski definition) is 1. The van der Waals surface area contributed by atoms with E-state index in [4.69, 9.17) is 0 Å². The lowest BCUT2D eigenvalue weighted by molar-refractivity contribution is 0.582. The highest BCUT2D eigenvalue weighted by Gasteiger charge is 2.17. The van der Waals surface area contributed by atoms with Gasteiger partial charge in [0, 0.05) is 6.42 Å². The predicted molar refractivity (Wildman–Crippen MR) is 55.8 cm³/mol. The molecule has 0 unspecified atom stereocenters. The number of aryl methyl sites for hydroxylation is 2. The summed E-state index contributed by atoms with van der Waals surface area (Å²) < 4.78 is 27.2. The van der Waals surface area contributed by atoms with E-state index in [-0.39, 0.29) is 11.4 Å². The minimum absolute atomic E-state index is 0.0653. The molecule has 0 saturated carbocycles. The quantitative estimate of drug-likeness (QED) is 0.850. The van der Waals surface area contributed by atoms with Crippen molar-refractivity contribution < 1.29 is 8.78 Å². The van der Waals surface area contributed by atoms with Crippen LogP contribution in [0.25, 0.3) is 11.4 Å². The summed E-state index contributed by atoms with van der Waals surface area (Å²) in [4.78, 5) is 4.02. The maximum Gasteiger partial charge on any atom is 0.187 e. The fourth-order valence-corrected chi connectivity index (χ4v) is 1.43. The van der Waals surface area contributed by atoms with Crippen LogP contribution in [0.15, 0.2) is 12.1 Å². The summed E-state index contributed by atoms with van der Waals surface area (Å²) in [6, 6.07) is 2.61. The Morgan fingerprint density at radius 2 is 2.06 bits per heavy atom. The molecule has 1 aromatic heterocycles. The van der Waals surface area contributed by atoms with Gasteiger partial charge in [-0.1, -0.05) is 13.0 Å². The molecule has 0 saturated heterocycles. The van der Waals surface area contributed by atoms with Crippen LogP contribution in [0.3, 0.4) is 0 Å². The first-order chi connectivity index (χ1) is 7.63. The Kier molecular flexibility index (Phi) is 2.68. The summed E-state index contributed by atoms with van der Waals surface area (Å²) in [5.41, 5.74) is 0.204. The molecule has 1 N–H and O–H groups in total. The van der Waals surface area contributed by atoms with Crippen molar-refractivity contribution in [1.82, 2.24) is 15.2 Å². The highest BCUT2D eigenvalue weighted by molar-refractivity contribution is 5.57. The molecule has 0 spiro atoms. The van der Waals surface area contributed by atoms with E-state index < -0.39 is 11.6 Å². The molecule has 0 atom stereocenters. The SMILES string of the molecule is CCc1nc(-c2c(F)ccc(C)c2F)n[nH]1. The summed E-state index contributed by atoms with van der Waals surface area (Å²) in [7, 11) is 0. The summed E-state index contributed by atoms with van der Waals surface area (Å²) >= 11 is 0. The zero-order valence-electron chi connectivity index (χ0n) is 9.01. The maximum atomic E-state index is 13.7. The van der Waals surface area contributed by atoms with Gasteiger partial charge in [-0.3, -0.25) is 5.10 Å². The number of aromatic nitrogens is 3. The summed E-state index contributed by atoms with van der Waals surface area (Å²) in [5, 5.41) is 6.44. The lowest BCUT2D eigenvalue weighted by Gasteiger charge is -2.02. The van der Waals surface area contributed by atoms with Crippen molar-refractivity contribution in [2.75, 3.05) is 0 Å². The molecule has 2 aromatic rings. The number of aromatic amines is 1. The lowest BCUT2D eigenvalue weighted by Crippen LogP contribution is -1.95. The number of H-pyrrole nitrogens is 1. The van der Waals surface area contributed by atoms with Crippen LogP contribution in [0.5, 0.6) is 0 Å². The predicted octanol–water partition coefficient (Wildman–Crippen LogP) is 2.62. The van der Waals surface area contributed by atoms with E-state index in [1.807, 2.05) is 6.92 Å². The van der Waals surface area contributed by atoms with Gasteiger partial charge in [0.05, 0.1) is 5.56 Å². The normalized spacial score (nSPS) is 10.8. The first kappa shape index (κ1) is 10.7. The molecule has 84 valence electrons. The molecule has 0 aliphatic carbocycles. The summed E-state index contributed by atoms with van der Waals surface area (Å²) in [6.07, 6.45) is 0.641. The Bertz CT molecular complexity index is 520. The van der Waals surface area contributed by atoms with Crippen LogP contribution in [0.4, 0.5) is 8.78 Å². The van der Waals surface area contributed by atoms with E-state index in [2.05, 4.69) is 15.2 Å². The molecule has 1 aromatic carbocycles. The first-order valence-electron chi connectivity index (χ1n) is 4.99. The molecule has 1 heterocycles. The molecule has 0 aliphatic rings. The Morgan fingerprint density at radius 1 is 1.31 bits per heavy atom. The van der Waals surface area contributed by atoms with Gasteiger partial charge in [-0.15, -0.1) is 0 Å². The average Bonchev–Trinajstić information content (AvgIpc) is 2.73. The van der Waals surface area contributed by atoms with Gasteiger partial charge >= 0.3 is 0 Å². The second-order valence-corrected chi connectivity index (χ2v) is 3.51. The van der Waals surface area contributed by atoms with Crippen molar-refractivity contribution in [2.24, 2.45) is 0 Å². The van der Waals surface area contributed by atoms with Gasteiger partial charge in [-0.2, -0.15) is 5.10 Å². The molecular weight excluding hydrogens is 212 g/mol. The zero-order valence-corrected chi connectivity index (χ0v) is 9.01. The van der Waals surface area contributed by atoms with Gasteiger partial charge < -0.3 is 0 Å². The van der Waals surface area contributed by atoms with Crippen molar-refractivity contribution in [1.29, 1.82) is 0 Å². The monoisotopic (exact) mass is 223 g/mol. The van der Waals surface area contributed by atoms with Crippen LogP contribution in [0.1, 0.15) is 18.3 Å². The van der Waals surface area contributed by atoms with Crippen LogP contribution in [-0.4, -0.2) is 15.2 Å². The summed E-state index contributed by atoms with van der Waals surface area (Å²) in [6.45, 7) is 3.46. The second-order valence-electron chi connectivity index (χ2n) is 3.51. The van der Waals surface area contributed by atoms with Crippen LogP contribution >= 0.6 is 0 Å². The van der Waals surface area contributed by atoms with Gasteiger partial charge in [0.25, 0.3) is 0 Å². The van der Waals surface area contributed by atoms with Gasteiger partial charge in [-0.05, 0) is 18.6 Å². The van der Waals surface area contributed by atoms with Gasteiger partial charge in [-0.25, -0.2) is 13.8 Å². The Hall–Kier alpha value is -1.78. The molecule has 0 aliphatic heterocycles. The van der Waals surface area contributed by atoms with Crippen LogP contribution in [-0.2, 0) is 6.42 Å². The minimum atomic E-state index is -0.648. The Morgan fingerprint density at radius 3 is 2.69 bits per heavy atom. The van der Waals surface area contributed by atoms with Crippen molar-refractivity contribution in [3.8, 4) is 11.4 Å². The fraction of sp³-hybridized carbons (Fsp3) is 0.273. The van der Waals surface area contributed by atoms with E-state index in [0.717, 1.165) is 0 Å². The standard InChI is InChI=1S/C11H11F2N3/c1-3-8-14-11(16-15-8)9-7(12)5-4-6(2)10(9)13/h4-5H,3H2,1-2H3,(H,14,15,16). The third-order valence-corrected chi connectivity index (χ3v) is 2.37. The molecule has 0 radical (unpaired) electrons. The van der Waals surface area contributed by atoms with Gasteiger partial charge in [0.2, 0.25) is 0 Å². The number of nitrogens with zero attached hydrogens (tertiary/aromatic N) is 2. The van der Waals surface area contributed by atoms with Crippen molar-refractivity contribution >= 4 is 0 Å². The number of nitrogens with one attached hydrogen (secondary N) is 1. The molecule has 0 amide bonds. The smallest absolute Gasteiger partial charge is 0.187 e. The van der Waals surface area contributed by atoms with Crippen molar-refractivity contribution in [3.05, 3.63) is 35.2 Å². The number of halogens is 2. The third kappa shape index (κ3) is 1.68. The number of benzene rings is 1. The molecule has 2 rings (SSSR count). The van der Waals surface area contributed by atoms with Crippen molar-refractivity contribution in [2.45, 2.75) is 20.3 Å². The molecule has 3 nitrogen and oxygen atoms in total. The first-order valence-corrected chi connectivity index (χ1v) is 4.99. The fourth-order valence-electron chi connectivity index (χ4n) is 1.43. The third-order valence-electron chi connectivity index (χ3n) is 2.37.